The fourth-order valence-electron chi connectivity index (χ4n) is 1.34. The fraction of sp³-hybridized carbons (Fsp3) is 0.400. The molecule has 1 aromatic rings. The summed E-state index contributed by atoms with van der Waals surface area (Å²) in [5.74, 6) is 0.439. The molecule has 0 atom stereocenters. The second-order valence-corrected chi connectivity index (χ2v) is 4.69. The first-order valence-electron chi connectivity index (χ1n) is 6.36. The van der Waals surface area contributed by atoms with E-state index >= 15 is 0 Å². The predicted octanol–water partition coefficient (Wildman–Crippen LogP) is 3.93. The number of rotatable bonds is 4. The van der Waals surface area contributed by atoms with Crippen LogP contribution in [-0.4, -0.2) is 6.03 Å². The highest BCUT2D eigenvalue weighted by Gasteiger charge is 2.01. The number of anilines is 1. The monoisotopic (exact) mass is 246 g/mol. The lowest BCUT2D eigenvalue weighted by atomic mass is 10.1. The highest BCUT2D eigenvalue weighted by Crippen LogP contribution is 2.10. The number of amides is 2. The Morgan fingerprint density at radius 2 is 1.89 bits per heavy atom. The van der Waals surface area contributed by atoms with Gasteiger partial charge in [0.2, 0.25) is 0 Å². The van der Waals surface area contributed by atoms with E-state index in [2.05, 4.69) is 31.4 Å². The van der Waals surface area contributed by atoms with E-state index in [1.54, 1.807) is 6.20 Å². The zero-order valence-electron chi connectivity index (χ0n) is 11.6. The summed E-state index contributed by atoms with van der Waals surface area (Å²) in [4.78, 5) is 11.6. The second-order valence-electron chi connectivity index (χ2n) is 4.69. The molecule has 0 aromatic heterocycles. The summed E-state index contributed by atoms with van der Waals surface area (Å²) in [6, 6.07) is 7.66. The van der Waals surface area contributed by atoms with Crippen molar-refractivity contribution in [1.82, 2.24) is 5.32 Å². The van der Waals surface area contributed by atoms with Crippen molar-refractivity contribution in [2.75, 3.05) is 5.32 Å². The second kappa shape index (κ2) is 6.84. The van der Waals surface area contributed by atoms with Crippen molar-refractivity contribution < 1.29 is 4.79 Å². The van der Waals surface area contributed by atoms with Gasteiger partial charge in [-0.05, 0) is 37.0 Å². The van der Waals surface area contributed by atoms with Gasteiger partial charge >= 0.3 is 6.03 Å². The van der Waals surface area contributed by atoms with Crippen molar-refractivity contribution >= 4 is 11.7 Å². The van der Waals surface area contributed by atoms with E-state index in [0.717, 1.165) is 17.7 Å². The van der Waals surface area contributed by atoms with Crippen molar-refractivity contribution in [3.63, 3.8) is 0 Å². The molecule has 1 aromatic carbocycles. The third kappa shape index (κ3) is 4.62. The van der Waals surface area contributed by atoms with E-state index in [4.69, 9.17) is 0 Å². The average Bonchev–Trinajstić information content (AvgIpc) is 2.36. The van der Waals surface area contributed by atoms with Gasteiger partial charge in [-0.2, -0.15) is 0 Å². The van der Waals surface area contributed by atoms with Gasteiger partial charge in [-0.25, -0.2) is 4.79 Å². The van der Waals surface area contributed by atoms with Crippen molar-refractivity contribution in [3.05, 3.63) is 41.6 Å². The molecule has 3 heteroatoms. The molecule has 0 radical (unpaired) electrons. The van der Waals surface area contributed by atoms with Crippen LogP contribution in [0.4, 0.5) is 10.5 Å². The quantitative estimate of drug-likeness (QED) is 0.830. The molecule has 0 saturated carbocycles. The van der Waals surface area contributed by atoms with E-state index in [1.165, 1.54) is 5.56 Å². The maximum atomic E-state index is 11.6. The lowest BCUT2D eigenvalue weighted by molar-refractivity contribution is 0.255. The Hall–Kier alpha value is -1.77. The third-order valence-corrected chi connectivity index (χ3v) is 2.96. The van der Waals surface area contributed by atoms with Crippen LogP contribution in [0.1, 0.15) is 33.3 Å². The highest BCUT2D eigenvalue weighted by molar-refractivity contribution is 5.89. The smallest absolute Gasteiger partial charge is 0.314 e. The summed E-state index contributed by atoms with van der Waals surface area (Å²) >= 11 is 0. The lowest BCUT2D eigenvalue weighted by Crippen LogP contribution is -2.24. The van der Waals surface area contributed by atoms with E-state index in [9.17, 15) is 4.79 Å². The minimum absolute atomic E-state index is 0.209. The Labute approximate surface area is 109 Å². The Balaban J connectivity index is 2.51. The van der Waals surface area contributed by atoms with Gasteiger partial charge in [-0.15, -0.1) is 0 Å². The van der Waals surface area contributed by atoms with Crippen LogP contribution in [0.5, 0.6) is 0 Å². The number of allylic oxidation sites excluding steroid dienone is 1. The summed E-state index contributed by atoms with van der Waals surface area (Å²) in [6.07, 6.45) is 2.75. The van der Waals surface area contributed by atoms with Crippen LogP contribution >= 0.6 is 0 Å². The number of carbonyl (C=O) groups excluding carboxylic acids is 1. The molecular weight excluding hydrogens is 224 g/mol. The standard InChI is InChI=1S/C15H22N2O/c1-5-13-6-8-14(9-7-13)17-15(18)16-10-12(4)11(2)3/h6-11H,5H2,1-4H3,(H2,16,17,18)/b12-10+. The number of nitrogens with one attached hydrogen (secondary N) is 2. The van der Waals surface area contributed by atoms with Crippen LogP contribution < -0.4 is 10.6 Å². The Bertz CT molecular complexity index is 419. The van der Waals surface area contributed by atoms with Crippen molar-refractivity contribution in [3.8, 4) is 0 Å². The molecule has 18 heavy (non-hydrogen) atoms. The molecule has 0 bridgehead atoms. The van der Waals surface area contributed by atoms with Gasteiger partial charge in [-0.3, -0.25) is 0 Å². The first-order chi connectivity index (χ1) is 8.52. The molecule has 3 nitrogen and oxygen atoms in total. The van der Waals surface area contributed by atoms with Gasteiger partial charge in [0, 0.05) is 11.9 Å². The van der Waals surface area contributed by atoms with Gasteiger partial charge < -0.3 is 10.6 Å². The van der Waals surface area contributed by atoms with Crippen LogP contribution in [0.25, 0.3) is 0 Å². The normalized spacial score (nSPS) is 11.5. The van der Waals surface area contributed by atoms with Gasteiger partial charge in [0.05, 0.1) is 0 Å². The third-order valence-electron chi connectivity index (χ3n) is 2.96. The van der Waals surface area contributed by atoms with Crippen molar-refractivity contribution in [1.29, 1.82) is 0 Å². The number of benzene rings is 1. The van der Waals surface area contributed by atoms with Crippen molar-refractivity contribution in [2.24, 2.45) is 5.92 Å². The van der Waals surface area contributed by atoms with Crippen LogP contribution in [0.3, 0.4) is 0 Å². The maximum absolute atomic E-state index is 11.6. The summed E-state index contributed by atoms with van der Waals surface area (Å²) in [7, 11) is 0. The number of aryl methyl sites for hydroxylation is 1. The first-order valence-corrected chi connectivity index (χ1v) is 6.36. The molecule has 98 valence electrons. The van der Waals surface area contributed by atoms with Crippen LogP contribution in [-0.2, 0) is 6.42 Å². The van der Waals surface area contributed by atoms with Gasteiger partial charge in [0.25, 0.3) is 0 Å². The van der Waals surface area contributed by atoms with Crippen LogP contribution in [0, 0.1) is 5.92 Å². The van der Waals surface area contributed by atoms with Gasteiger partial charge in [0.15, 0.2) is 0 Å². The molecule has 0 aliphatic heterocycles. The maximum Gasteiger partial charge on any atom is 0.323 e. The Kier molecular flexibility index (Phi) is 5.43. The van der Waals surface area contributed by atoms with E-state index in [-0.39, 0.29) is 6.03 Å². The summed E-state index contributed by atoms with van der Waals surface area (Å²) in [5, 5.41) is 5.52. The minimum Gasteiger partial charge on any atom is -0.314 e. The molecular formula is C15H22N2O. The predicted molar refractivity (Wildman–Crippen MR) is 76.6 cm³/mol. The molecule has 0 heterocycles. The highest BCUT2D eigenvalue weighted by atomic mass is 16.2. The average molecular weight is 246 g/mol. The number of urea groups is 1. The van der Waals surface area contributed by atoms with E-state index in [0.29, 0.717) is 5.92 Å². The largest absolute Gasteiger partial charge is 0.323 e. The molecule has 0 aliphatic carbocycles. The molecule has 0 unspecified atom stereocenters. The minimum atomic E-state index is -0.209. The zero-order chi connectivity index (χ0) is 13.5. The summed E-state index contributed by atoms with van der Waals surface area (Å²) in [5.41, 5.74) is 3.21. The van der Waals surface area contributed by atoms with E-state index < -0.39 is 0 Å². The zero-order valence-corrected chi connectivity index (χ0v) is 11.6. The molecule has 1 rings (SSSR count). The van der Waals surface area contributed by atoms with E-state index in [1.807, 2.05) is 31.2 Å². The molecule has 0 fully saturated rings. The molecule has 0 spiro atoms. The fourth-order valence-corrected chi connectivity index (χ4v) is 1.34. The lowest BCUT2D eigenvalue weighted by Gasteiger charge is -2.08. The topological polar surface area (TPSA) is 41.1 Å². The Morgan fingerprint density at radius 1 is 1.28 bits per heavy atom. The van der Waals surface area contributed by atoms with Crippen molar-refractivity contribution in [2.45, 2.75) is 34.1 Å². The summed E-state index contributed by atoms with van der Waals surface area (Å²) in [6.45, 7) is 8.29. The SMILES string of the molecule is CCc1ccc(NC(=O)N/C=C(\C)C(C)C)cc1. The summed E-state index contributed by atoms with van der Waals surface area (Å²) < 4.78 is 0. The molecule has 0 saturated heterocycles. The molecule has 2 N–H and O–H groups in total. The first kappa shape index (κ1) is 14.3. The number of hydrogen-bond acceptors (Lipinski definition) is 1. The van der Waals surface area contributed by atoms with Gasteiger partial charge in [0.1, 0.15) is 0 Å². The number of hydrogen-bond donors (Lipinski definition) is 2. The van der Waals surface area contributed by atoms with Gasteiger partial charge in [-0.1, -0.05) is 38.5 Å². The Morgan fingerprint density at radius 3 is 2.39 bits per heavy atom. The molecule has 0 aliphatic rings. The van der Waals surface area contributed by atoms with Crippen LogP contribution in [0.15, 0.2) is 36.0 Å². The van der Waals surface area contributed by atoms with Crippen LogP contribution in [0.2, 0.25) is 0 Å². The molecule has 2 amide bonds. The number of carbonyl (C=O) groups is 1.